The molecular formula is C19H20N2O2. The van der Waals surface area contributed by atoms with Gasteiger partial charge in [-0.05, 0) is 43.2 Å². The van der Waals surface area contributed by atoms with E-state index in [9.17, 15) is 9.59 Å². The third-order valence-corrected chi connectivity index (χ3v) is 5.44. The molecule has 1 aromatic carbocycles. The molecule has 2 N–H and O–H groups in total. The molecule has 1 aromatic heterocycles. The largest absolute Gasteiger partial charge is 0.364 e. The van der Waals surface area contributed by atoms with Gasteiger partial charge in [-0.1, -0.05) is 24.3 Å². The first-order valence-corrected chi connectivity index (χ1v) is 8.16. The standard InChI is InChI=1S/C19H20N2O2/c1-12-8-17(22)15(11-20-12)18(23)21-10-14-9-19(14)7-6-13-4-2-3-5-16(13)19/h2-5,8,11,14H,6-7,9-10H2,1H3,(H,20,22)(H,21,23)/t14-,19-/m1/s1. The van der Waals surface area contributed by atoms with Gasteiger partial charge in [0.05, 0.1) is 0 Å². The molecule has 2 aliphatic rings. The van der Waals surface area contributed by atoms with Crippen LogP contribution >= 0.6 is 0 Å². The van der Waals surface area contributed by atoms with Crippen LogP contribution in [-0.2, 0) is 11.8 Å². The lowest BCUT2D eigenvalue weighted by molar-refractivity contribution is 0.0949. The van der Waals surface area contributed by atoms with Crippen LogP contribution in [0.4, 0.5) is 0 Å². The first kappa shape index (κ1) is 14.2. The highest BCUT2D eigenvalue weighted by Gasteiger charge is 2.57. The molecule has 118 valence electrons. The summed E-state index contributed by atoms with van der Waals surface area (Å²) in [5.74, 6) is 0.208. The van der Waals surface area contributed by atoms with Gasteiger partial charge in [-0.2, -0.15) is 0 Å². The zero-order valence-electron chi connectivity index (χ0n) is 13.2. The van der Waals surface area contributed by atoms with Gasteiger partial charge in [-0.15, -0.1) is 0 Å². The minimum atomic E-state index is -0.278. The Bertz CT molecular complexity index is 839. The Morgan fingerprint density at radius 1 is 1.39 bits per heavy atom. The molecule has 1 saturated carbocycles. The predicted octanol–water partition coefficient (Wildman–Crippen LogP) is 2.32. The molecule has 1 spiro atoms. The number of aryl methyl sites for hydroxylation is 2. The molecule has 0 radical (unpaired) electrons. The molecule has 23 heavy (non-hydrogen) atoms. The van der Waals surface area contributed by atoms with Crippen molar-refractivity contribution in [2.24, 2.45) is 5.92 Å². The summed E-state index contributed by atoms with van der Waals surface area (Å²) in [7, 11) is 0. The fourth-order valence-corrected chi connectivity index (χ4v) is 4.06. The van der Waals surface area contributed by atoms with E-state index in [1.807, 2.05) is 0 Å². The van der Waals surface area contributed by atoms with Gasteiger partial charge >= 0.3 is 0 Å². The Labute approximate surface area is 134 Å². The monoisotopic (exact) mass is 308 g/mol. The second-order valence-corrected chi connectivity index (χ2v) is 6.82. The first-order valence-electron chi connectivity index (χ1n) is 8.16. The Morgan fingerprint density at radius 3 is 3.04 bits per heavy atom. The van der Waals surface area contributed by atoms with E-state index in [-0.39, 0.29) is 22.3 Å². The summed E-state index contributed by atoms with van der Waals surface area (Å²) in [5.41, 5.74) is 3.91. The van der Waals surface area contributed by atoms with Gasteiger partial charge in [-0.3, -0.25) is 9.59 Å². The highest BCUT2D eigenvalue weighted by molar-refractivity contribution is 5.93. The number of benzene rings is 1. The number of aromatic amines is 1. The first-order chi connectivity index (χ1) is 11.1. The third-order valence-electron chi connectivity index (χ3n) is 5.44. The Balaban J connectivity index is 1.44. The van der Waals surface area contributed by atoms with E-state index >= 15 is 0 Å². The number of H-pyrrole nitrogens is 1. The number of pyridine rings is 1. The normalized spacial score (nSPS) is 24.5. The fourth-order valence-electron chi connectivity index (χ4n) is 4.06. The zero-order valence-corrected chi connectivity index (χ0v) is 13.2. The van der Waals surface area contributed by atoms with E-state index in [4.69, 9.17) is 0 Å². The van der Waals surface area contributed by atoms with E-state index in [0.717, 1.165) is 18.5 Å². The maximum atomic E-state index is 12.2. The number of hydrogen-bond acceptors (Lipinski definition) is 2. The number of nitrogens with one attached hydrogen (secondary N) is 2. The maximum Gasteiger partial charge on any atom is 0.256 e. The van der Waals surface area contributed by atoms with E-state index in [1.165, 1.54) is 29.8 Å². The van der Waals surface area contributed by atoms with Crippen LogP contribution in [0, 0.1) is 12.8 Å². The molecule has 4 heteroatoms. The number of hydrogen-bond donors (Lipinski definition) is 2. The van der Waals surface area contributed by atoms with Crippen molar-refractivity contribution in [3.63, 3.8) is 0 Å². The van der Waals surface area contributed by atoms with Crippen molar-refractivity contribution in [3.8, 4) is 0 Å². The Hall–Kier alpha value is -2.36. The van der Waals surface area contributed by atoms with Gasteiger partial charge in [-0.25, -0.2) is 0 Å². The summed E-state index contributed by atoms with van der Waals surface area (Å²) in [6.07, 6.45) is 4.95. The van der Waals surface area contributed by atoms with Gasteiger partial charge in [0.2, 0.25) is 0 Å². The quantitative estimate of drug-likeness (QED) is 0.914. The van der Waals surface area contributed by atoms with Crippen LogP contribution in [0.15, 0.2) is 41.3 Å². The number of aromatic nitrogens is 1. The lowest BCUT2D eigenvalue weighted by Gasteiger charge is -2.12. The van der Waals surface area contributed by atoms with Gasteiger partial charge < -0.3 is 10.3 Å². The van der Waals surface area contributed by atoms with E-state index in [2.05, 4.69) is 34.6 Å². The molecule has 2 aromatic rings. The van der Waals surface area contributed by atoms with Crippen LogP contribution in [0.3, 0.4) is 0 Å². The molecule has 0 unspecified atom stereocenters. The Kier molecular flexibility index (Phi) is 3.15. The lowest BCUT2D eigenvalue weighted by Crippen LogP contribution is -2.31. The molecule has 1 heterocycles. The lowest BCUT2D eigenvalue weighted by atomic mass is 9.95. The maximum absolute atomic E-state index is 12.2. The van der Waals surface area contributed by atoms with Crippen molar-refractivity contribution in [2.45, 2.75) is 31.6 Å². The summed E-state index contributed by atoms with van der Waals surface area (Å²) in [5, 5.41) is 2.94. The molecular weight excluding hydrogens is 288 g/mol. The minimum absolute atomic E-state index is 0.192. The fraction of sp³-hybridized carbons (Fsp3) is 0.368. The second kappa shape index (κ2) is 5.08. The van der Waals surface area contributed by atoms with E-state index in [0.29, 0.717) is 12.5 Å². The SMILES string of the molecule is Cc1cc(=O)c(C(=O)NC[C@H]2C[C@]23CCc2ccccc23)c[nH]1. The van der Waals surface area contributed by atoms with E-state index in [1.54, 1.807) is 6.92 Å². The summed E-state index contributed by atoms with van der Waals surface area (Å²) in [6, 6.07) is 10.1. The average Bonchev–Trinajstić information content (AvgIpc) is 3.12. The summed E-state index contributed by atoms with van der Waals surface area (Å²) < 4.78 is 0. The second-order valence-electron chi connectivity index (χ2n) is 6.82. The molecule has 0 bridgehead atoms. The smallest absolute Gasteiger partial charge is 0.256 e. The molecule has 4 rings (SSSR count). The number of carbonyl (C=O) groups excluding carboxylic acids is 1. The van der Waals surface area contributed by atoms with Crippen molar-refractivity contribution in [3.05, 3.63) is 69.1 Å². The average molecular weight is 308 g/mol. The van der Waals surface area contributed by atoms with Crippen molar-refractivity contribution in [1.29, 1.82) is 0 Å². The minimum Gasteiger partial charge on any atom is -0.364 e. The van der Waals surface area contributed by atoms with Gasteiger partial charge in [0.15, 0.2) is 5.43 Å². The van der Waals surface area contributed by atoms with Crippen molar-refractivity contribution < 1.29 is 4.79 Å². The number of carbonyl (C=O) groups is 1. The summed E-state index contributed by atoms with van der Waals surface area (Å²) in [6.45, 7) is 2.44. The van der Waals surface area contributed by atoms with Crippen LogP contribution in [0.25, 0.3) is 0 Å². The molecule has 2 atom stereocenters. The number of amides is 1. The van der Waals surface area contributed by atoms with Gasteiger partial charge in [0.25, 0.3) is 5.91 Å². The molecule has 0 saturated heterocycles. The number of fused-ring (bicyclic) bond motifs is 2. The summed E-state index contributed by atoms with van der Waals surface area (Å²) in [4.78, 5) is 27.0. The van der Waals surface area contributed by atoms with Crippen LogP contribution in [0.5, 0.6) is 0 Å². The molecule has 2 aliphatic carbocycles. The van der Waals surface area contributed by atoms with Crippen LogP contribution < -0.4 is 10.7 Å². The predicted molar refractivity (Wildman–Crippen MR) is 88.7 cm³/mol. The molecule has 4 nitrogen and oxygen atoms in total. The topological polar surface area (TPSA) is 62.0 Å². The van der Waals surface area contributed by atoms with Gasteiger partial charge in [0, 0.05) is 29.9 Å². The Morgan fingerprint density at radius 2 is 2.22 bits per heavy atom. The molecule has 1 amide bonds. The van der Waals surface area contributed by atoms with Crippen LogP contribution in [0.1, 0.15) is 40.0 Å². The van der Waals surface area contributed by atoms with Crippen molar-refractivity contribution in [2.75, 3.05) is 6.54 Å². The number of rotatable bonds is 3. The summed E-state index contributed by atoms with van der Waals surface area (Å²) >= 11 is 0. The molecule has 0 aliphatic heterocycles. The zero-order chi connectivity index (χ0) is 16.0. The van der Waals surface area contributed by atoms with Crippen LogP contribution in [-0.4, -0.2) is 17.4 Å². The van der Waals surface area contributed by atoms with Gasteiger partial charge in [0.1, 0.15) is 5.56 Å². The van der Waals surface area contributed by atoms with Crippen molar-refractivity contribution >= 4 is 5.91 Å². The highest BCUT2D eigenvalue weighted by Crippen LogP contribution is 2.61. The van der Waals surface area contributed by atoms with Crippen molar-refractivity contribution in [1.82, 2.24) is 10.3 Å². The van der Waals surface area contributed by atoms with E-state index < -0.39 is 0 Å². The molecule has 1 fully saturated rings. The highest BCUT2D eigenvalue weighted by atomic mass is 16.2. The third kappa shape index (κ3) is 2.29. The van der Waals surface area contributed by atoms with Crippen LogP contribution in [0.2, 0.25) is 0 Å².